The molecule has 0 amide bonds. The van der Waals surface area contributed by atoms with Gasteiger partial charge in [0.15, 0.2) is 0 Å². The number of hydrogen-bond donors (Lipinski definition) is 1. The third kappa shape index (κ3) is 10.6. The molecular weight excluding hydrogens is 194 g/mol. The minimum absolute atomic E-state index is 0.511. The summed E-state index contributed by atoms with van der Waals surface area (Å²) in [5, 5.41) is 15.2. The van der Waals surface area contributed by atoms with E-state index >= 15 is 0 Å². The van der Waals surface area contributed by atoms with Gasteiger partial charge < -0.3 is 14.9 Å². The van der Waals surface area contributed by atoms with Gasteiger partial charge in [-0.15, -0.1) is 0 Å². The summed E-state index contributed by atoms with van der Waals surface area (Å²) in [5.41, 5.74) is 0. The van der Waals surface area contributed by atoms with Crippen LogP contribution < -0.4 is 5.32 Å². The molecule has 0 aromatic rings. The molecule has 0 aliphatic heterocycles. The topological polar surface area (TPSA) is 66.6 Å². The number of rotatable bonds is 8. The number of hydrogen-bond acceptors (Lipinski definition) is 5. The number of oxime groups is 1. The molecule has 0 unspecified atom stereocenters. The second-order valence-corrected chi connectivity index (χ2v) is 2.89. The third-order valence-corrected chi connectivity index (χ3v) is 1.56. The maximum absolute atomic E-state index is 8.28. The van der Waals surface area contributed by atoms with E-state index in [2.05, 4.69) is 16.5 Å². The van der Waals surface area contributed by atoms with E-state index in [0.717, 1.165) is 19.5 Å². The summed E-state index contributed by atoms with van der Waals surface area (Å²) in [6, 6.07) is 2.09. The average molecular weight is 213 g/mol. The van der Waals surface area contributed by atoms with Gasteiger partial charge in [0, 0.05) is 19.9 Å². The van der Waals surface area contributed by atoms with Crippen molar-refractivity contribution < 1.29 is 9.57 Å². The van der Waals surface area contributed by atoms with Gasteiger partial charge in [0.05, 0.1) is 12.7 Å². The van der Waals surface area contributed by atoms with Gasteiger partial charge in [0.25, 0.3) is 0 Å². The number of nitrogens with zero attached hydrogens (tertiary/aromatic N) is 2. The standard InChI is InChI=1S/C10H19N3O2/c1-3-14-10(2)13-15-9-8-12-7-5-4-6-11/h12H,3-5,7-9H2,1-2H3/b13-10+. The van der Waals surface area contributed by atoms with Crippen LogP contribution in [0.4, 0.5) is 0 Å². The van der Waals surface area contributed by atoms with Crippen molar-refractivity contribution in [2.45, 2.75) is 26.7 Å². The van der Waals surface area contributed by atoms with Crippen LogP contribution in [0.5, 0.6) is 0 Å². The zero-order valence-corrected chi connectivity index (χ0v) is 9.45. The number of nitriles is 1. The Labute approximate surface area is 91.0 Å². The molecule has 0 rings (SSSR count). The Morgan fingerprint density at radius 2 is 2.27 bits per heavy atom. The lowest BCUT2D eigenvalue weighted by molar-refractivity contribution is 0.134. The Kier molecular flexibility index (Phi) is 9.88. The molecule has 0 radical (unpaired) electrons. The summed E-state index contributed by atoms with van der Waals surface area (Å²) in [7, 11) is 0. The lowest BCUT2D eigenvalue weighted by Crippen LogP contribution is -2.20. The molecule has 5 heteroatoms. The van der Waals surface area contributed by atoms with Crippen molar-refractivity contribution in [1.82, 2.24) is 5.32 Å². The summed E-state index contributed by atoms with van der Waals surface area (Å²) in [6.07, 6.45) is 1.47. The van der Waals surface area contributed by atoms with Gasteiger partial charge in [-0.2, -0.15) is 5.26 Å². The first-order valence-corrected chi connectivity index (χ1v) is 5.18. The van der Waals surface area contributed by atoms with E-state index in [4.69, 9.17) is 14.8 Å². The first-order valence-electron chi connectivity index (χ1n) is 5.18. The largest absolute Gasteiger partial charge is 0.479 e. The predicted octanol–water partition coefficient (Wildman–Crippen LogP) is 1.27. The Bertz CT molecular complexity index is 211. The molecule has 0 aliphatic carbocycles. The summed E-state index contributed by atoms with van der Waals surface area (Å²) in [6.45, 7) is 6.33. The Morgan fingerprint density at radius 1 is 1.47 bits per heavy atom. The highest BCUT2D eigenvalue weighted by atomic mass is 16.6. The normalized spacial score (nSPS) is 10.9. The van der Waals surface area contributed by atoms with Crippen LogP contribution in [0.25, 0.3) is 0 Å². The highest BCUT2D eigenvalue weighted by Gasteiger charge is 1.90. The van der Waals surface area contributed by atoms with Crippen molar-refractivity contribution in [3.05, 3.63) is 0 Å². The van der Waals surface area contributed by atoms with Crippen LogP contribution in [-0.2, 0) is 9.57 Å². The molecule has 0 heterocycles. The van der Waals surface area contributed by atoms with Gasteiger partial charge in [-0.25, -0.2) is 0 Å². The molecule has 0 fully saturated rings. The lowest BCUT2D eigenvalue weighted by Gasteiger charge is -2.03. The van der Waals surface area contributed by atoms with Crippen LogP contribution in [-0.4, -0.2) is 32.2 Å². The van der Waals surface area contributed by atoms with Gasteiger partial charge in [-0.05, 0) is 19.9 Å². The summed E-state index contributed by atoms with van der Waals surface area (Å²) in [4.78, 5) is 4.99. The van der Waals surface area contributed by atoms with Crippen LogP contribution in [0, 0.1) is 11.3 Å². The van der Waals surface area contributed by atoms with Gasteiger partial charge in [0.1, 0.15) is 6.61 Å². The molecular formula is C10H19N3O2. The van der Waals surface area contributed by atoms with E-state index in [1.807, 2.05) is 6.92 Å². The molecule has 86 valence electrons. The highest BCUT2D eigenvalue weighted by Crippen LogP contribution is 1.85. The Balaban J connectivity index is 3.18. The molecule has 0 saturated carbocycles. The van der Waals surface area contributed by atoms with Crippen LogP contribution in [0.15, 0.2) is 5.16 Å². The van der Waals surface area contributed by atoms with Crippen molar-refractivity contribution >= 4 is 5.90 Å². The van der Waals surface area contributed by atoms with Crippen molar-refractivity contribution in [1.29, 1.82) is 5.26 Å². The van der Waals surface area contributed by atoms with E-state index in [9.17, 15) is 0 Å². The summed E-state index contributed by atoms with van der Waals surface area (Å²) in [5.74, 6) is 0.544. The minimum atomic E-state index is 0.511. The SMILES string of the molecule is CCO/C(C)=N/OCCNCCCC#N. The summed E-state index contributed by atoms with van der Waals surface area (Å²) < 4.78 is 5.07. The number of ether oxygens (including phenoxy) is 1. The van der Waals surface area contributed by atoms with Crippen molar-refractivity contribution in [3.63, 3.8) is 0 Å². The fourth-order valence-electron chi connectivity index (χ4n) is 0.907. The van der Waals surface area contributed by atoms with Gasteiger partial charge >= 0.3 is 0 Å². The van der Waals surface area contributed by atoms with Crippen molar-refractivity contribution in [2.75, 3.05) is 26.3 Å². The molecule has 0 aromatic heterocycles. The van der Waals surface area contributed by atoms with E-state index < -0.39 is 0 Å². The number of nitrogens with one attached hydrogen (secondary N) is 1. The predicted molar refractivity (Wildman–Crippen MR) is 58.4 cm³/mol. The quantitative estimate of drug-likeness (QED) is 0.285. The first kappa shape index (κ1) is 13.7. The van der Waals surface area contributed by atoms with E-state index in [0.29, 0.717) is 25.5 Å². The highest BCUT2D eigenvalue weighted by molar-refractivity contribution is 5.72. The fraction of sp³-hybridized carbons (Fsp3) is 0.800. The molecule has 0 bridgehead atoms. The lowest BCUT2D eigenvalue weighted by atomic mass is 10.3. The molecule has 5 nitrogen and oxygen atoms in total. The summed E-state index contributed by atoms with van der Waals surface area (Å²) >= 11 is 0. The maximum Gasteiger partial charge on any atom is 0.222 e. The molecule has 15 heavy (non-hydrogen) atoms. The van der Waals surface area contributed by atoms with Crippen LogP contribution in [0.2, 0.25) is 0 Å². The smallest absolute Gasteiger partial charge is 0.222 e. The van der Waals surface area contributed by atoms with Gasteiger partial charge in [-0.3, -0.25) is 0 Å². The second-order valence-electron chi connectivity index (χ2n) is 2.89. The van der Waals surface area contributed by atoms with Crippen LogP contribution >= 0.6 is 0 Å². The first-order chi connectivity index (χ1) is 7.31. The molecule has 0 aromatic carbocycles. The zero-order chi connectivity index (χ0) is 11.4. The van der Waals surface area contributed by atoms with Crippen LogP contribution in [0.3, 0.4) is 0 Å². The van der Waals surface area contributed by atoms with E-state index in [1.165, 1.54) is 0 Å². The van der Waals surface area contributed by atoms with Crippen LogP contribution in [0.1, 0.15) is 26.7 Å². The third-order valence-electron chi connectivity index (χ3n) is 1.56. The van der Waals surface area contributed by atoms with Gasteiger partial charge in [-0.1, -0.05) is 5.16 Å². The Hall–Kier alpha value is -1.28. The second kappa shape index (κ2) is 10.8. The monoisotopic (exact) mass is 213 g/mol. The molecule has 0 aliphatic rings. The minimum Gasteiger partial charge on any atom is -0.479 e. The zero-order valence-electron chi connectivity index (χ0n) is 9.45. The Morgan fingerprint density at radius 3 is 2.93 bits per heavy atom. The average Bonchev–Trinajstić information content (AvgIpc) is 2.22. The molecule has 0 spiro atoms. The number of unbranched alkanes of at least 4 members (excludes halogenated alkanes) is 1. The van der Waals surface area contributed by atoms with E-state index in [1.54, 1.807) is 6.92 Å². The molecule has 1 N–H and O–H groups in total. The molecule has 0 atom stereocenters. The maximum atomic E-state index is 8.28. The van der Waals surface area contributed by atoms with Gasteiger partial charge in [0.2, 0.25) is 5.90 Å². The van der Waals surface area contributed by atoms with Crippen molar-refractivity contribution in [2.24, 2.45) is 5.16 Å². The fourth-order valence-corrected chi connectivity index (χ4v) is 0.907. The van der Waals surface area contributed by atoms with E-state index in [-0.39, 0.29) is 0 Å². The van der Waals surface area contributed by atoms with Crippen molar-refractivity contribution in [3.8, 4) is 6.07 Å². The molecule has 0 saturated heterocycles.